The molecule has 15 heavy (non-hydrogen) atoms. The van der Waals surface area contributed by atoms with Crippen molar-refractivity contribution in [2.24, 2.45) is 0 Å². The van der Waals surface area contributed by atoms with Crippen LogP contribution in [0, 0.1) is 0 Å². The molecule has 1 aromatic carbocycles. The molecule has 0 aromatic heterocycles. The van der Waals surface area contributed by atoms with Crippen molar-refractivity contribution in [3.63, 3.8) is 0 Å². The Balaban J connectivity index is 2.39. The predicted octanol–water partition coefficient (Wildman–Crippen LogP) is 1.35. The van der Waals surface area contributed by atoms with Crippen molar-refractivity contribution in [3.8, 4) is 5.75 Å². The lowest BCUT2D eigenvalue weighted by Crippen LogP contribution is -2.03. The molecule has 1 N–H and O–H groups in total. The maximum Gasteiger partial charge on any atom is 0.307 e. The van der Waals surface area contributed by atoms with Crippen LogP contribution in [0.25, 0.3) is 0 Å². The van der Waals surface area contributed by atoms with Gasteiger partial charge in [-0.15, -0.1) is 0 Å². The van der Waals surface area contributed by atoms with Gasteiger partial charge in [0.25, 0.3) is 0 Å². The Labute approximate surface area is 87.4 Å². The third-order valence-electron chi connectivity index (χ3n) is 2.46. The number of methoxy groups -OCH3 is 1. The molecule has 0 unspecified atom stereocenters. The zero-order chi connectivity index (χ0) is 10.8. The molecule has 0 fully saturated rings. The lowest BCUT2D eigenvalue weighted by Gasteiger charge is -2.08. The molecule has 4 nitrogen and oxygen atoms in total. The number of benzene rings is 1. The maximum atomic E-state index is 10.7. The van der Waals surface area contributed by atoms with Gasteiger partial charge in [-0.2, -0.15) is 0 Å². The summed E-state index contributed by atoms with van der Waals surface area (Å²) in [5, 5.41) is 8.75. The number of ether oxygens (including phenoxy) is 2. The second kappa shape index (κ2) is 3.90. The molecule has 2 rings (SSSR count). The highest BCUT2D eigenvalue weighted by Crippen LogP contribution is 2.28. The number of hydrogen-bond donors (Lipinski definition) is 1. The van der Waals surface area contributed by atoms with Crippen molar-refractivity contribution in [1.82, 2.24) is 0 Å². The monoisotopic (exact) mass is 208 g/mol. The number of carbonyl (C=O) groups is 1. The van der Waals surface area contributed by atoms with Crippen LogP contribution in [0.3, 0.4) is 0 Å². The number of fused-ring (bicyclic) bond motifs is 1. The van der Waals surface area contributed by atoms with Gasteiger partial charge in [-0.25, -0.2) is 0 Å². The molecule has 1 aliphatic rings. The summed E-state index contributed by atoms with van der Waals surface area (Å²) in [6.07, 6.45) is -0.0174. The SMILES string of the molecule is COc1cc2c(cc1CC(=O)O)COC2. The van der Waals surface area contributed by atoms with Gasteiger partial charge < -0.3 is 14.6 Å². The standard InChI is InChI=1S/C11H12O4/c1-14-10-3-9-6-15-5-8(9)2-7(10)4-11(12)13/h2-3H,4-6H2,1H3,(H,12,13). The van der Waals surface area contributed by atoms with Crippen LogP contribution in [-0.4, -0.2) is 18.2 Å². The first-order chi connectivity index (χ1) is 7.20. The first-order valence-corrected chi connectivity index (χ1v) is 4.69. The molecule has 0 atom stereocenters. The zero-order valence-corrected chi connectivity index (χ0v) is 8.45. The smallest absolute Gasteiger partial charge is 0.307 e. The lowest BCUT2D eigenvalue weighted by molar-refractivity contribution is -0.136. The molecule has 0 spiro atoms. The molecule has 1 heterocycles. The summed E-state index contributed by atoms with van der Waals surface area (Å²) in [5.41, 5.74) is 2.85. The number of hydrogen-bond acceptors (Lipinski definition) is 3. The van der Waals surface area contributed by atoms with Crippen LogP contribution in [0.1, 0.15) is 16.7 Å². The largest absolute Gasteiger partial charge is 0.496 e. The summed E-state index contributed by atoms with van der Waals surface area (Å²) in [5.74, 6) is -0.228. The van der Waals surface area contributed by atoms with Gasteiger partial charge in [-0.05, 0) is 23.3 Å². The maximum absolute atomic E-state index is 10.7. The van der Waals surface area contributed by atoms with Crippen molar-refractivity contribution in [1.29, 1.82) is 0 Å². The molecular formula is C11H12O4. The minimum absolute atomic E-state index is 0.0174. The topological polar surface area (TPSA) is 55.8 Å². The highest BCUT2D eigenvalue weighted by atomic mass is 16.5. The molecule has 1 aliphatic heterocycles. The molecule has 0 radical (unpaired) electrons. The molecule has 0 saturated heterocycles. The normalized spacial score (nSPS) is 13.7. The Hall–Kier alpha value is -1.55. The molecule has 80 valence electrons. The molecule has 4 heteroatoms. The van der Waals surface area contributed by atoms with E-state index < -0.39 is 5.97 Å². The van der Waals surface area contributed by atoms with Crippen LogP contribution in [0.4, 0.5) is 0 Å². The Morgan fingerprint density at radius 2 is 2.13 bits per heavy atom. The first-order valence-electron chi connectivity index (χ1n) is 4.69. The third kappa shape index (κ3) is 1.94. The average Bonchev–Trinajstić information content (AvgIpc) is 2.62. The summed E-state index contributed by atoms with van der Waals surface area (Å²) in [4.78, 5) is 10.7. The van der Waals surface area contributed by atoms with E-state index in [1.807, 2.05) is 12.1 Å². The van der Waals surface area contributed by atoms with E-state index in [2.05, 4.69) is 0 Å². The number of carboxylic acids is 1. The number of aliphatic carboxylic acids is 1. The molecule has 1 aromatic rings. The van der Waals surface area contributed by atoms with Gasteiger partial charge in [0.1, 0.15) is 5.75 Å². The summed E-state index contributed by atoms with van der Waals surface area (Å²) >= 11 is 0. The van der Waals surface area contributed by atoms with Gasteiger partial charge in [0.15, 0.2) is 0 Å². The van der Waals surface area contributed by atoms with E-state index in [9.17, 15) is 4.79 Å². The summed E-state index contributed by atoms with van der Waals surface area (Å²) in [6, 6.07) is 3.72. The van der Waals surface area contributed by atoms with Crippen LogP contribution < -0.4 is 4.74 Å². The Morgan fingerprint density at radius 3 is 2.73 bits per heavy atom. The minimum Gasteiger partial charge on any atom is -0.496 e. The molecule has 0 saturated carbocycles. The Morgan fingerprint density at radius 1 is 1.47 bits per heavy atom. The fraction of sp³-hybridized carbons (Fsp3) is 0.364. The van der Waals surface area contributed by atoms with Gasteiger partial charge >= 0.3 is 5.97 Å². The third-order valence-corrected chi connectivity index (χ3v) is 2.46. The van der Waals surface area contributed by atoms with E-state index in [0.717, 1.165) is 11.1 Å². The van der Waals surface area contributed by atoms with Crippen LogP contribution in [0.15, 0.2) is 12.1 Å². The van der Waals surface area contributed by atoms with E-state index >= 15 is 0 Å². The summed E-state index contributed by atoms with van der Waals surface area (Å²) < 4.78 is 10.4. The van der Waals surface area contributed by atoms with Crippen molar-refractivity contribution in [2.75, 3.05) is 7.11 Å². The second-order valence-electron chi connectivity index (χ2n) is 3.50. The van der Waals surface area contributed by atoms with E-state index in [-0.39, 0.29) is 6.42 Å². The molecular weight excluding hydrogens is 196 g/mol. The van der Waals surface area contributed by atoms with E-state index in [4.69, 9.17) is 14.6 Å². The Bertz CT molecular complexity index is 398. The van der Waals surface area contributed by atoms with Gasteiger partial charge in [0.2, 0.25) is 0 Å². The van der Waals surface area contributed by atoms with Gasteiger partial charge in [0, 0.05) is 5.56 Å². The Kier molecular flexibility index (Phi) is 2.60. The fourth-order valence-corrected chi connectivity index (χ4v) is 1.75. The van der Waals surface area contributed by atoms with E-state index in [0.29, 0.717) is 24.5 Å². The quantitative estimate of drug-likeness (QED) is 0.814. The highest BCUT2D eigenvalue weighted by Gasteiger charge is 2.16. The first kappa shape index (κ1) is 9.98. The summed E-state index contributed by atoms with van der Waals surface area (Å²) in [7, 11) is 1.54. The molecule has 0 amide bonds. The van der Waals surface area contributed by atoms with Crippen LogP contribution >= 0.6 is 0 Å². The number of rotatable bonds is 3. The van der Waals surface area contributed by atoms with Crippen molar-refractivity contribution >= 4 is 5.97 Å². The average molecular weight is 208 g/mol. The highest BCUT2D eigenvalue weighted by molar-refractivity contribution is 5.71. The molecule has 0 aliphatic carbocycles. The van der Waals surface area contributed by atoms with Gasteiger partial charge in [0.05, 0.1) is 26.7 Å². The molecule has 0 bridgehead atoms. The van der Waals surface area contributed by atoms with Crippen molar-refractivity contribution in [2.45, 2.75) is 19.6 Å². The van der Waals surface area contributed by atoms with Gasteiger partial charge in [-0.3, -0.25) is 4.79 Å². The van der Waals surface area contributed by atoms with E-state index in [1.165, 1.54) is 0 Å². The number of carboxylic acid groups (broad SMARTS) is 1. The van der Waals surface area contributed by atoms with Crippen LogP contribution in [0.2, 0.25) is 0 Å². The van der Waals surface area contributed by atoms with Crippen LogP contribution in [-0.2, 0) is 29.2 Å². The predicted molar refractivity (Wildman–Crippen MR) is 52.8 cm³/mol. The minimum atomic E-state index is -0.854. The van der Waals surface area contributed by atoms with Crippen molar-refractivity contribution in [3.05, 3.63) is 28.8 Å². The van der Waals surface area contributed by atoms with Crippen LogP contribution in [0.5, 0.6) is 5.75 Å². The zero-order valence-electron chi connectivity index (χ0n) is 8.45. The second-order valence-corrected chi connectivity index (χ2v) is 3.50. The lowest BCUT2D eigenvalue weighted by atomic mass is 10.0. The van der Waals surface area contributed by atoms with E-state index in [1.54, 1.807) is 7.11 Å². The van der Waals surface area contributed by atoms with Gasteiger partial charge in [-0.1, -0.05) is 0 Å². The summed E-state index contributed by atoms with van der Waals surface area (Å²) in [6.45, 7) is 1.14. The fourth-order valence-electron chi connectivity index (χ4n) is 1.75. The van der Waals surface area contributed by atoms with Crippen molar-refractivity contribution < 1.29 is 19.4 Å².